The summed E-state index contributed by atoms with van der Waals surface area (Å²) in [6.45, 7) is 4.00. The molecule has 0 fully saturated rings. The standard InChI is InChI=1S/C57H31N3S3.C2H6/c58-30-33-15-3-1-2-4-22-40(35-17-6-5-16-34(33)35)50-27-45-55(61-50)46-28-51(53-41-23-11-7-18-36(41)48(31-59)37-19-8-12-24-42(37)53)63-57(46)47-29-52(62-56(45)47)54-43-25-13-9-20-38(43)49(32-60)39-21-10-14-26-44(39)54;1-2/h1-14,16-21,23-29H,15,22H2;1-2H3/b3-1-,4-2-,34-33+,40-35+;. The van der Waals surface area contributed by atoms with E-state index in [2.05, 4.69) is 146 Å². The zero-order valence-electron chi connectivity index (χ0n) is 35.6. The number of hydrogen-bond donors (Lipinski definition) is 0. The molecule has 0 unspecified atom stereocenters. The summed E-state index contributed by atoms with van der Waals surface area (Å²) in [4.78, 5) is 3.50. The highest BCUT2D eigenvalue weighted by Crippen LogP contribution is 2.53. The van der Waals surface area contributed by atoms with Crippen LogP contribution in [-0.2, 0) is 0 Å². The van der Waals surface area contributed by atoms with E-state index in [0.29, 0.717) is 17.5 Å². The van der Waals surface area contributed by atoms with Gasteiger partial charge in [0, 0.05) is 89.6 Å². The van der Waals surface area contributed by atoms with Crippen LogP contribution in [-0.4, -0.2) is 0 Å². The molecule has 0 aliphatic heterocycles. The molecule has 3 heterocycles. The van der Waals surface area contributed by atoms with E-state index in [1.807, 2.05) is 84.3 Å². The van der Waals surface area contributed by atoms with Gasteiger partial charge in [0.1, 0.15) is 12.1 Å². The summed E-state index contributed by atoms with van der Waals surface area (Å²) >= 11 is 5.50. The molecular weight excluding hydrogens is 847 g/mol. The second kappa shape index (κ2) is 16.5. The predicted octanol–water partition coefficient (Wildman–Crippen LogP) is 15.8. The first kappa shape index (κ1) is 40.2. The molecule has 0 saturated heterocycles. The number of hydrogen-bond acceptors (Lipinski definition) is 6. The van der Waals surface area contributed by atoms with Crippen LogP contribution in [0.25, 0.3) is 105 Å². The smallest absolute Gasteiger partial charge is 0.100 e. The SMILES string of the molecule is CC.N#C/C1=c2\cccc\c2=C(/c2cc3c(s2)c2cc(-c4c5ccccc5c(C#N)c5ccccc45)sc2c2cc(-c4c5ccccc5c(C#N)c5ccccc45)sc32)C/C=C\C=C/C1. The molecule has 1 aliphatic carbocycles. The van der Waals surface area contributed by atoms with Crippen molar-refractivity contribution in [3.8, 4) is 39.1 Å². The Morgan fingerprint density at radius 2 is 0.738 bits per heavy atom. The van der Waals surface area contributed by atoms with Crippen molar-refractivity contribution in [3.63, 3.8) is 0 Å². The fourth-order valence-electron chi connectivity index (χ4n) is 9.80. The van der Waals surface area contributed by atoms with Gasteiger partial charge in [-0.3, -0.25) is 0 Å². The van der Waals surface area contributed by atoms with Gasteiger partial charge >= 0.3 is 0 Å². The zero-order chi connectivity index (χ0) is 44.2. The molecule has 3 nitrogen and oxygen atoms in total. The minimum absolute atomic E-state index is 0.575. The molecule has 6 heteroatoms. The Kier molecular flexibility index (Phi) is 10.2. The largest absolute Gasteiger partial charge is 0.193 e. The summed E-state index contributed by atoms with van der Waals surface area (Å²) in [6, 6.07) is 56.5. The van der Waals surface area contributed by atoms with Gasteiger partial charge in [0.25, 0.3) is 0 Å². The van der Waals surface area contributed by atoms with Crippen molar-refractivity contribution in [1.29, 1.82) is 15.8 Å². The van der Waals surface area contributed by atoms with E-state index in [4.69, 9.17) is 0 Å². The highest BCUT2D eigenvalue weighted by molar-refractivity contribution is 7.29. The van der Waals surface area contributed by atoms with E-state index in [1.165, 1.54) is 40.7 Å². The first-order valence-electron chi connectivity index (χ1n) is 21.8. The summed E-state index contributed by atoms with van der Waals surface area (Å²) in [5.41, 5.74) is 5.65. The molecule has 306 valence electrons. The summed E-state index contributed by atoms with van der Waals surface area (Å²) in [7, 11) is 0. The lowest BCUT2D eigenvalue weighted by atomic mass is 9.91. The maximum absolute atomic E-state index is 10.5. The summed E-state index contributed by atoms with van der Waals surface area (Å²) in [5, 5.41) is 45.1. The Bertz CT molecular complexity index is 3810. The van der Waals surface area contributed by atoms with Gasteiger partial charge in [0.2, 0.25) is 0 Å². The van der Waals surface area contributed by atoms with Crippen molar-refractivity contribution in [2.45, 2.75) is 26.7 Å². The maximum atomic E-state index is 10.5. The van der Waals surface area contributed by atoms with Gasteiger partial charge in [-0.25, -0.2) is 0 Å². The maximum Gasteiger partial charge on any atom is 0.100 e. The lowest BCUT2D eigenvalue weighted by Gasteiger charge is -2.12. The number of nitrogens with zero attached hydrogens (tertiary/aromatic N) is 3. The van der Waals surface area contributed by atoms with Gasteiger partial charge in [0.05, 0.1) is 17.2 Å². The zero-order valence-corrected chi connectivity index (χ0v) is 38.0. The molecule has 0 N–H and O–H groups in total. The molecule has 3 aromatic heterocycles. The monoisotopic (exact) mass is 883 g/mol. The van der Waals surface area contributed by atoms with Gasteiger partial charge in [-0.15, -0.1) is 34.0 Å². The molecule has 8 aromatic carbocycles. The van der Waals surface area contributed by atoms with Crippen molar-refractivity contribution in [1.82, 2.24) is 0 Å². The lowest BCUT2D eigenvalue weighted by molar-refractivity contribution is 1.30. The number of fused-ring (bicyclic) bond motifs is 11. The van der Waals surface area contributed by atoms with Crippen LogP contribution < -0.4 is 10.4 Å². The Hall–Kier alpha value is -7.63. The van der Waals surface area contributed by atoms with E-state index >= 15 is 0 Å². The average molecular weight is 884 g/mol. The Labute approximate surface area is 387 Å². The summed E-state index contributed by atoms with van der Waals surface area (Å²) in [5.74, 6) is 0. The number of thiophene rings is 3. The van der Waals surface area contributed by atoms with E-state index in [1.54, 1.807) is 0 Å². The van der Waals surface area contributed by atoms with Crippen molar-refractivity contribution >= 4 is 119 Å². The van der Waals surface area contributed by atoms with Crippen LogP contribution in [0.4, 0.5) is 0 Å². The minimum Gasteiger partial charge on any atom is -0.193 e. The molecule has 0 radical (unpaired) electrons. The van der Waals surface area contributed by atoms with Gasteiger partial charge in [0.15, 0.2) is 0 Å². The Balaban J connectivity index is 0.00000231. The molecule has 65 heavy (non-hydrogen) atoms. The van der Waals surface area contributed by atoms with Crippen molar-refractivity contribution < 1.29 is 0 Å². The summed E-state index contributed by atoms with van der Waals surface area (Å²) < 4.78 is 3.69. The third-order valence-corrected chi connectivity index (χ3v) is 16.1. The molecule has 0 spiro atoms. The fraction of sp³-hybridized carbons (Fsp3) is 0.0678. The number of allylic oxidation sites excluding steroid dienone is 4. The topological polar surface area (TPSA) is 71.4 Å². The van der Waals surface area contributed by atoms with Crippen molar-refractivity contribution in [2.24, 2.45) is 0 Å². The van der Waals surface area contributed by atoms with Crippen LogP contribution in [0.5, 0.6) is 0 Å². The predicted molar refractivity (Wildman–Crippen MR) is 279 cm³/mol. The molecule has 1 aliphatic rings. The number of benzene rings is 8. The van der Waals surface area contributed by atoms with Crippen LogP contribution in [0.2, 0.25) is 0 Å². The molecule has 0 bridgehead atoms. The first-order chi connectivity index (χ1) is 32.1. The Morgan fingerprint density at radius 1 is 0.385 bits per heavy atom. The van der Waals surface area contributed by atoms with Crippen molar-refractivity contribution in [3.05, 3.63) is 190 Å². The minimum atomic E-state index is 0.575. The van der Waals surface area contributed by atoms with Crippen LogP contribution in [0.3, 0.4) is 0 Å². The molecule has 0 amide bonds. The second-order valence-corrected chi connectivity index (χ2v) is 19.0. The highest BCUT2D eigenvalue weighted by atomic mass is 32.1. The van der Waals surface area contributed by atoms with E-state index in [-0.39, 0.29) is 0 Å². The summed E-state index contributed by atoms with van der Waals surface area (Å²) in [6.07, 6.45) is 9.73. The molecule has 0 saturated carbocycles. The molecule has 11 aromatic rings. The highest BCUT2D eigenvalue weighted by Gasteiger charge is 2.24. The molecule has 0 atom stereocenters. The number of rotatable bonds is 3. The van der Waals surface area contributed by atoms with Crippen LogP contribution in [0, 0.1) is 34.0 Å². The van der Waals surface area contributed by atoms with Gasteiger partial charge in [-0.2, -0.15) is 15.8 Å². The van der Waals surface area contributed by atoms with Gasteiger partial charge in [-0.05, 0) is 62.2 Å². The van der Waals surface area contributed by atoms with E-state index in [0.717, 1.165) is 86.4 Å². The van der Waals surface area contributed by atoms with Gasteiger partial charge in [-0.1, -0.05) is 159 Å². The number of nitriles is 3. The Morgan fingerprint density at radius 3 is 1.15 bits per heavy atom. The first-order valence-corrected chi connectivity index (χ1v) is 24.2. The average Bonchev–Trinajstić information content (AvgIpc) is 4.12. The fourth-order valence-corrected chi connectivity index (χ4v) is 13.8. The van der Waals surface area contributed by atoms with Crippen molar-refractivity contribution in [2.75, 3.05) is 0 Å². The van der Waals surface area contributed by atoms with Crippen LogP contribution in [0.15, 0.2) is 164 Å². The van der Waals surface area contributed by atoms with E-state index in [9.17, 15) is 15.8 Å². The third-order valence-electron chi connectivity index (χ3n) is 12.5. The van der Waals surface area contributed by atoms with Crippen LogP contribution >= 0.6 is 34.0 Å². The van der Waals surface area contributed by atoms with E-state index < -0.39 is 0 Å². The lowest BCUT2D eigenvalue weighted by Crippen LogP contribution is -2.29. The van der Waals surface area contributed by atoms with Gasteiger partial charge < -0.3 is 0 Å². The quantitative estimate of drug-likeness (QED) is 0.166. The molecule has 12 rings (SSSR count). The normalized spacial score (nSPS) is 15.4. The third kappa shape index (κ3) is 6.32. The second-order valence-electron chi connectivity index (χ2n) is 15.8. The van der Waals surface area contributed by atoms with Crippen LogP contribution in [0.1, 0.15) is 42.7 Å². The molecular formula is C59H37N3S3.